The van der Waals surface area contributed by atoms with Crippen LogP contribution in [0.3, 0.4) is 0 Å². The van der Waals surface area contributed by atoms with Gasteiger partial charge in [0.1, 0.15) is 0 Å². The fourth-order valence-electron chi connectivity index (χ4n) is 2.61. The van der Waals surface area contributed by atoms with Gasteiger partial charge in [-0.2, -0.15) is 9.97 Å². The van der Waals surface area contributed by atoms with Gasteiger partial charge in [0.25, 0.3) is 0 Å². The first kappa shape index (κ1) is 19.8. The number of hydrogen-bond acceptors (Lipinski definition) is 6. The lowest BCUT2D eigenvalue weighted by Gasteiger charge is -2.12. The molecule has 0 saturated carbocycles. The first-order chi connectivity index (χ1) is 13.2. The van der Waals surface area contributed by atoms with Crippen LogP contribution < -0.4 is 10.3 Å². The summed E-state index contributed by atoms with van der Waals surface area (Å²) < 4.78 is 32.5. The predicted molar refractivity (Wildman–Crippen MR) is 106 cm³/mol. The zero-order valence-corrected chi connectivity index (χ0v) is 16.7. The van der Waals surface area contributed by atoms with Gasteiger partial charge in [-0.15, -0.1) is 0 Å². The second kappa shape index (κ2) is 7.93. The molecule has 0 atom stereocenters. The summed E-state index contributed by atoms with van der Waals surface area (Å²) in [5.41, 5.74) is 1.32. The molecule has 146 valence electrons. The molecule has 0 N–H and O–H groups in total. The van der Waals surface area contributed by atoms with Crippen molar-refractivity contribution in [2.45, 2.75) is 30.6 Å². The molecule has 0 fully saturated rings. The molecular weight excluding hydrogens is 378 g/mol. The molecule has 2 aromatic heterocycles. The number of hydrogen-bond donors (Lipinski definition) is 0. The van der Waals surface area contributed by atoms with Gasteiger partial charge in [0, 0.05) is 24.9 Å². The largest absolute Gasteiger partial charge is 0.461 e. The van der Waals surface area contributed by atoms with Gasteiger partial charge in [-0.25, -0.2) is 8.42 Å². The van der Waals surface area contributed by atoms with E-state index < -0.39 is 9.84 Å². The average Bonchev–Trinajstić information content (AvgIpc) is 2.63. The number of pyridine rings is 1. The normalized spacial score (nSPS) is 11.6. The highest BCUT2D eigenvalue weighted by Gasteiger charge is 2.18. The maximum absolute atomic E-state index is 12.7. The molecule has 0 saturated heterocycles. The third-order valence-corrected chi connectivity index (χ3v) is 5.59. The van der Waals surface area contributed by atoms with Crippen LogP contribution in [-0.4, -0.2) is 29.1 Å². The van der Waals surface area contributed by atoms with Crippen molar-refractivity contribution < 1.29 is 13.2 Å². The minimum atomic E-state index is -3.57. The topological polar surface area (TPSA) is 91.1 Å². The molecule has 0 aliphatic rings. The SMILES string of the molecule is CC(C)Oc1nc(CS(=O)(=O)c2ccccc2)cc(-c2ccc(=O)n(C)c2)n1. The van der Waals surface area contributed by atoms with Crippen molar-refractivity contribution in [1.82, 2.24) is 14.5 Å². The Bertz CT molecular complexity index is 1140. The van der Waals surface area contributed by atoms with Gasteiger partial charge in [0.05, 0.1) is 28.1 Å². The second-order valence-electron chi connectivity index (χ2n) is 6.63. The van der Waals surface area contributed by atoms with Crippen molar-refractivity contribution in [2.24, 2.45) is 7.05 Å². The van der Waals surface area contributed by atoms with E-state index in [1.54, 1.807) is 55.7 Å². The quantitative estimate of drug-likeness (QED) is 0.633. The number of rotatable bonds is 6. The minimum Gasteiger partial charge on any atom is -0.461 e. The molecule has 0 unspecified atom stereocenters. The number of aromatic nitrogens is 3. The molecule has 0 spiro atoms. The number of nitrogens with zero attached hydrogens (tertiary/aromatic N) is 3. The molecule has 28 heavy (non-hydrogen) atoms. The van der Waals surface area contributed by atoms with Crippen LogP contribution in [-0.2, 0) is 22.6 Å². The molecule has 2 heterocycles. The highest BCUT2D eigenvalue weighted by Crippen LogP contribution is 2.22. The van der Waals surface area contributed by atoms with E-state index in [0.29, 0.717) is 17.0 Å². The van der Waals surface area contributed by atoms with Gasteiger partial charge in [-0.3, -0.25) is 4.79 Å². The lowest BCUT2D eigenvalue weighted by Crippen LogP contribution is -2.15. The summed E-state index contributed by atoms with van der Waals surface area (Å²) in [6.45, 7) is 3.67. The van der Waals surface area contributed by atoms with Crippen LogP contribution in [0, 0.1) is 0 Å². The Labute approximate surface area is 163 Å². The molecule has 3 aromatic rings. The Morgan fingerprint density at radius 2 is 1.79 bits per heavy atom. The Morgan fingerprint density at radius 3 is 2.43 bits per heavy atom. The van der Waals surface area contributed by atoms with E-state index in [2.05, 4.69) is 9.97 Å². The van der Waals surface area contributed by atoms with Gasteiger partial charge >= 0.3 is 6.01 Å². The number of aryl methyl sites for hydroxylation is 1. The van der Waals surface area contributed by atoms with E-state index in [4.69, 9.17) is 4.74 Å². The standard InChI is InChI=1S/C20H21N3O4S/c1-14(2)27-20-21-16(13-28(25,26)17-7-5-4-6-8-17)11-18(22-20)15-9-10-19(24)23(3)12-15/h4-12,14H,13H2,1-3H3. The molecule has 0 amide bonds. The Morgan fingerprint density at radius 1 is 1.07 bits per heavy atom. The van der Waals surface area contributed by atoms with Gasteiger partial charge in [0.2, 0.25) is 5.56 Å². The molecule has 1 aromatic carbocycles. The summed E-state index contributed by atoms with van der Waals surface area (Å²) in [4.78, 5) is 20.5. The zero-order chi connectivity index (χ0) is 20.3. The van der Waals surface area contributed by atoms with Crippen molar-refractivity contribution >= 4 is 9.84 Å². The zero-order valence-electron chi connectivity index (χ0n) is 15.9. The van der Waals surface area contributed by atoms with E-state index in [9.17, 15) is 13.2 Å². The van der Waals surface area contributed by atoms with Crippen LogP contribution in [0.4, 0.5) is 0 Å². The molecule has 0 aliphatic heterocycles. The fraction of sp³-hybridized carbons (Fsp3) is 0.250. The minimum absolute atomic E-state index is 0.0969. The molecule has 0 radical (unpaired) electrons. The molecule has 0 bridgehead atoms. The Balaban J connectivity index is 2.05. The number of benzene rings is 1. The summed E-state index contributed by atoms with van der Waals surface area (Å²) in [6, 6.07) is 13.0. The van der Waals surface area contributed by atoms with Gasteiger partial charge in [0.15, 0.2) is 9.84 Å². The number of sulfone groups is 1. The molecular formula is C20H21N3O4S. The van der Waals surface area contributed by atoms with Crippen molar-refractivity contribution in [3.05, 3.63) is 70.8 Å². The molecule has 7 nitrogen and oxygen atoms in total. The second-order valence-corrected chi connectivity index (χ2v) is 8.62. The first-order valence-corrected chi connectivity index (χ1v) is 10.4. The average molecular weight is 399 g/mol. The van der Waals surface area contributed by atoms with Crippen LogP contribution >= 0.6 is 0 Å². The van der Waals surface area contributed by atoms with Gasteiger partial charge < -0.3 is 9.30 Å². The van der Waals surface area contributed by atoms with Crippen LogP contribution in [0.5, 0.6) is 6.01 Å². The van der Waals surface area contributed by atoms with Crippen molar-refractivity contribution in [3.8, 4) is 17.3 Å². The molecule has 0 aliphatic carbocycles. The van der Waals surface area contributed by atoms with Crippen LogP contribution in [0.2, 0.25) is 0 Å². The summed E-state index contributed by atoms with van der Waals surface area (Å²) in [7, 11) is -1.94. The van der Waals surface area contributed by atoms with Crippen LogP contribution in [0.15, 0.2) is 64.4 Å². The summed E-state index contributed by atoms with van der Waals surface area (Å²) in [6.07, 6.45) is 1.47. The van der Waals surface area contributed by atoms with Crippen molar-refractivity contribution in [1.29, 1.82) is 0 Å². The lowest BCUT2D eigenvalue weighted by atomic mass is 10.2. The smallest absolute Gasteiger partial charge is 0.317 e. The fourth-order valence-corrected chi connectivity index (χ4v) is 3.89. The predicted octanol–water partition coefficient (Wildman–Crippen LogP) is 2.60. The third-order valence-electron chi connectivity index (χ3n) is 3.92. The van der Waals surface area contributed by atoms with Gasteiger partial charge in [-0.1, -0.05) is 18.2 Å². The first-order valence-electron chi connectivity index (χ1n) is 8.74. The maximum atomic E-state index is 12.7. The lowest BCUT2D eigenvalue weighted by molar-refractivity contribution is 0.222. The van der Waals surface area contributed by atoms with Crippen LogP contribution in [0.1, 0.15) is 19.5 Å². The highest BCUT2D eigenvalue weighted by atomic mass is 32.2. The highest BCUT2D eigenvalue weighted by molar-refractivity contribution is 7.90. The molecule has 3 rings (SSSR count). The maximum Gasteiger partial charge on any atom is 0.317 e. The van der Waals surface area contributed by atoms with Crippen molar-refractivity contribution in [3.63, 3.8) is 0 Å². The monoisotopic (exact) mass is 399 g/mol. The summed E-state index contributed by atoms with van der Waals surface area (Å²) in [5, 5.41) is 0. The van der Waals surface area contributed by atoms with E-state index in [0.717, 1.165) is 0 Å². The van der Waals surface area contributed by atoms with E-state index in [1.165, 1.54) is 10.6 Å². The molecule has 8 heteroatoms. The van der Waals surface area contributed by atoms with E-state index in [1.807, 2.05) is 13.8 Å². The number of ether oxygens (including phenoxy) is 1. The Hall–Kier alpha value is -3.00. The Kier molecular flexibility index (Phi) is 5.60. The van der Waals surface area contributed by atoms with Crippen molar-refractivity contribution in [2.75, 3.05) is 0 Å². The van der Waals surface area contributed by atoms with Crippen LogP contribution in [0.25, 0.3) is 11.3 Å². The third kappa shape index (κ3) is 4.64. The van der Waals surface area contributed by atoms with E-state index in [-0.39, 0.29) is 28.3 Å². The van der Waals surface area contributed by atoms with E-state index >= 15 is 0 Å². The summed E-state index contributed by atoms with van der Waals surface area (Å²) in [5.74, 6) is -0.285. The summed E-state index contributed by atoms with van der Waals surface area (Å²) >= 11 is 0. The van der Waals surface area contributed by atoms with Gasteiger partial charge in [-0.05, 0) is 38.1 Å².